The molecule has 0 radical (unpaired) electrons. The maximum Gasteiger partial charge on any atom is 0.131 e. The van der Waals surface area contributed by atoms with Gasteiger partial charge in [-0.2, -0.15) is 0 Å². The van der Waals surface area contributed by atoms with Crippen LogP contribution in [0.5, 0.6) is 0 Å². The first-order chi connectivity index (χ1) is 9.08. The number of rotatable bonds is 4. The maximum atomic E-state index is 11.4. The molecule has 1 aliphatic rings. The van der Waals surface area contributed by atoms with E-state index in [0.29, 0.717) is 18.2 Å². The molecule has 0 spiro atoms. The van der Waals surface area contributed by atoms with Crippen molar-refractivity contribution in [2.24, 2.45) is 0 Å². The molecule has 0 aromatic heterocycles. The van der Waals surface area contributed by atoms with Gasteiger partial charge < -0.3 is 0 Å². The Balaban J connectivity index is 2.13. The Labute approximate surface area is 116 Å². The van der Waals surface area contributed by atoms with Gasteiger partial charge in [0.2, 0.25) is 0 Å². The number of Topliss-reactive ketones (excluding diaryl/α,β-unsaturated/α-hetero) is 1. The lowest BCUT2D eigenvalue weighted by Gasteiger charge is -2.36. The van der Waals surface area contributed by atoms with E-state index in [1.165, 1.54) is 36.0 Å². The van der Waals surface area contributed by atoms with E-state index in [4.69, 9.17) is 0 Å². The van der Waals surface area contributed by atoms with Gasteiger partial charge in [0.1, 0.15) is 5.78 Å². The van der Waals surface area contributed by atoms with E-state index in [9.17, 15) is 4.79 Å². The number of ketones is 1. The zero-order valence-corrected chi connectivity index (χ0v) is 12.4. The van der Waals surface area contributed by atoms with Crippen LogP contribution < -0.4 is 0 Å². The summed E-state index contributed by atoms with van der Waals surface area (Å²) in [6, 6.07) is 6.95. The van der Waals surface area contributed by atoms with Crippen LogP contribution in [0.2, 0.25) is 0 Å². The summed E-state index contributed by atoms with van der Waals surface area (Å²) in [6.07, 6.45) is 4.41. The highest BCUT2D eigenvalue weighted by Gasteiger charge is 2.24. The third-order valence-corrected chi connectivity index (χ3v) is 4.28. The van der Waals surface area contributed by atoms with E-state index in [0.717, 1.165) is 13.1 Å². The first-order valence-corrected chi connectivity index (χ1v) is 7.36. The van der Waals surface area contributed by atoms with Crippen LogP contribution in [0.15, 0.2) is 18.2 Å². The molecule has 0 amide bonds. The Morgan fingerprint density at radius 1 is 1.26 bits per heavy atom. The molecular formula is C17H25NO. The molecule has 0 aliphatic carbocycles. The summed E-state index contributed by atoms with van der Waals surface area (Å²) in [5.74, 6) is 0.318. The summed E-state index contributed by atoms with van der Waals surface area (Å²) in [4.78, 5) is 13.9. The van der Waals surface area contributed by atoms with Gasteiger partial charge in [-0.25, -0.2) is 0 Å². The van der Waals surface area contributed by atoms with Gasteiger partial charge in [0.15, 0.2) is 0 Å². The highest BCUT2D eigenvalue weighted by molar-refractivity contribution is 5.76. The number of benzene rings is 1. The minimum atomic E-state index is 0.318. The monoisotopic (exact) mass is 259 g/mol. The second-order valence-corrected chi connectivity index (χ2v) is 5.90. The molecule has 0 bridgehead atoms. The molecule has 1 atom stereocenters. The fourth-order valence-electron chi connectivity index (χ4n) is 3.13. The van der Waals surface area contributed by atoms with Crippen molar-refractivity contribution in [2.75, 3.05) is 6.54 Å². The van der Waals surface area contributed by atoms with Crippen molar-refractivity contribution in [3.63, 3.8) is 0 Å². The molecule has 2 nitrogen and oxygen atoms in total. The van der Waals surface area contributed by atoms with Crippen molar-refractivity contribution in [1.82, 2.24) is 4.90 Å². The molecule has 2 heteroatoms. The molecular weight excluding hydrogens is 234 g/mol. The van der Waals surface area contributed by atoms with Crippen LogP contribution >= 0.6 is 0 Å². The molecule has 1 aromatic carbocycles. The molecule has 0 N–H and O–H groups in total. The molecule has 1 saturated heterocycles. The van der Waals surface area contributed by atoms with Crippen LogP contribution in [0, 0.1) is 13.8 Å². The van der Waals surface area contributed by atoms with E-state index in [1.54, 1.807) is 6.92 Å². The lowest BCUT2D eigenvalue weighted by Crippen LogP contribution is -2.40. The predicted octanol–water partition coefficient (Wildman–Crippen LogP) is 3.64. The predicted molar refractivity (Wildman–Crippen MR) is 79.3 cm³/mol. The van der Waals surface area contributed by atoms with E-state index < -0.39 is 0 Å². The normalized spacial score (nSPS) is 20.5. The van der Waals surface area contributed by atoms with Crippen LogP contribution in [0.3, 0.4) is 0 Å². The van der Waals surface area contributed by atoms with Crippen molar-refractivity contribution in [1.29, 1.82) is 0 Å². The molecule has 104 valence electrons. The van der Waals surface area contributed by atoms with Gasteiger partial charge in [0.05, 0.1) is 0 Å². The van der Waals surface area contributed by atoms with Crippen molar-refractivity contribution in [2.45, 2.75) is 59.0 Å². The average Bonchev–Trinajstić information content (AvgIpc) is 2.35. The van der Waals surface area contributed by atoms with E-state index >= 15 is 0 Å². The van der Waals surface area contributed by atoms with Gasteiger partial charge in [-0.05, 0) is 56.8 Å². The van der Waals surface area contributed by atoms with E-state index in [1.807, 2.05) is 0 Å². The third-order valence-electron chi connectivity index (χ3n) is 4.28. The highest BCUT2D eigenvalue weighted by Crippen LogP contribution is 2.24. The summed E-state index contributed by atoms with van der Waals surface area (Å²) >= 11 is 0. The summed E-state index contributed by atoms with van der Waals surface area (Å²) in [7, 11) is 0. The second kappa shape index (κ2) is 6.33. The number of aryl methyl sites for hydroxylation is 2. The van der Waals surface area contributed by atoms with Gasteiger partial charge in [-0.15, -0.1) is 0 Å². The van der Waals surface area contributed by atoms with Gasteiger partial charge in [-0.1, -0.05) is 24.6 Å². The number of carbonyl (C=O) groups is 1. The Morgan fingerprint density at radius 3 is 2.58 bits per heavy atom. The van der Waals surface area contributed by atoms with Crippen LogP contribution in [0.4, 0.5) is 0 Å². The van der Waals surface area contributed by atoms with Gasteiger partial charge in [-0.3, -0.25) is 9.69 Å². The molecule has 19 heavy (non-hydrogen) atoms. The van der Waals surface area contributed by atoms with Crippen LogP contribution in [0.25, 0.3) is 0 Å². The number of likely N-dealkylation sites (tertiary alicyclic amines) is 1. The SMILES string of the molecule is CC(=O)CC1CCCCN1Cc1c(C)cccc1C. The van der Waals surface area contributed by atoms with Crippen molar-refractivity contribution in [3.8, 4) is 0 Å². The third kappa shape index (κ3) is 3.66. The van der Waals surface area contributed by atoms with E-state index in [-0.39, 0.29) is 0 Å². The topological polar surface area (TPSA) is 20.3 Å². The number of piperidine rings is 1. The summed E-state index contributed by atoms with van der Waals surface area (Å²) in [5, 5.41) is 0. The molecule has 0 saturated carbocycles. The second-order valence-electron chi connectivity index (χ2n) is 5.90. The maximum absolute atomic E-state index is 11.4. The first kappa shape index (κ1) is 14.3. The van der Waals surface area contributed by atoms with Crippen LogP contribution in [-0.4, -0.2) is 23.3 Å². The Kier molecular flexibility index (Phi) is 4.76. The smallest absolute Gasteiger partial charge is 0.131 e. The summed E-state index contributed by atoms with van der Waals surface area (Å²) in [5.41, 5.74) is 4.18. The van der Waals surface area contributed by atoms with E-state index in [2.05, 4.69) is 36.9 Å². The number of carbonyl (C=O) groups excluding carboxylic acids is 1. The lowest BCUT2D eigenvalue weighted by molar-refractivity contribution is -0.118. The van der Waals surface area contributed by atoms with Crippen molar-refractivity contribution >= 4 is 5.78 Å². The molecule has 1 aliphatic heterocycles. The summed E-state index contributed by atoms with van der Waals surface area (Å²) in [6.45, 7) is 8.21. The number of nitrogens with zero attached hydrogens (tertiary/aromatic N) is 1. The largest absolute Gasteiger partial charge is 0.300 e. The minimum Gasteiger partial charge on any atom is -0.300 e. The summed E-state index contributed by atoms with van der Waals surface area (Å²) < 4.78 is 0. The number of hydrogen-bond acceptors (Lipinski definition) is 2. The molecule has 1 unspecified atom stereocenters. The average molecular weight is 259 g/mol. The Hall–Kier alpha value is -1.15. The number of hydrogen-bond donors (Lipinski definition) is 0. The minimum absolute atomic E-state index is 0.318. The Morgan fingerprint density at radius 2 is 1.95 bits per heavy atom. The first-order valence-electron chi connectivity index (χ1n) is 7.36. The van der Waals surface area contributed by atoms with Gasteiger partial charge in [0, 0.05) is 19.0 Å². The molecule has 2 rings (SSSR count). The van der Waals surface area contributed by atoms with Crippen molar-refractivity contribution < 1.29 is 4.79 Å². The van der Waals surface area contributed by atoms with Crippen molar-refractivity contribution in [3.05, 3.63) is 34.9 Å². The van der Waals surface area contributed by atoms with Crippen LogP contribution in [-0.2, 0) is 11.3 Å². The van der Waals surface area contributed by atoms with Gasteiger partial charge >= 0.3 is 0 Å². The fourth-order valence-corrected chi connectivity index (χ4v) is 3.13. The van der Waals surface area contributed by atoms with Gasteiger partial charge in [0.25, 0.3) is 0 Å². The fraction of sp³-hybridized carbons (Fsp3) is 0.588. The zero-order chi connectivity index (χ0) is 13.8. The molecule has 1 fully saturated rings. The molecule has 1 heterocycles. The quantitative estimate of drug-likeness (QED) is 0.823. The Bertz CT molecular complexity index is 432. The molecule has 1 aromatic rings. The standard InChI is InChI=1S/C17H25NO/c1-13-7-6-8-14(2)17(13)12-18-10-5-4-9-16(18)11-15(3)19/h6-8,16H,4-5,9-12H2,1-3H3. The van der Waals surface area contributed by atoms with Crippen LogP contribution in [0.1, 0.15) is 49.3 Å². The highest BCUT2D eigenvalue weighted by atomic mass is 16.1. The lowest BCUT2D eigenvalue weighted by atomic mass is 9.95. The zero-order valence-electron chi connectivity index (χ0n) is 12.4.